The number of halogens is 2. The molecule has 0 spiro atoms. The Bertz CT molecular complexity index is 502. The van der Waals surface area contributed by atoms with Gasteiger partial charge in [-0.05, 0) is 61.6 Å². The summed E-state index contributed by atoms with van der Waals surface area (Å²) in [6.45, 7) is 4.15. The van der Waals surface area contributed by atoms with Crippen molar-refractivity contribution in [3.63, 3.8) is 0 Å². The van der Waals surface area contributed by atoms with Gasteiger partial charge in [0.1, 0.15) is 0 Å². The number of benzene rings is 1. The molecule has 2 rings (SSSR count). The second kappa shape index (κ2) is 8.30. The van der Waals surface area contributed by atoms with E-state index in [4.69, 9.17) is 4.74 Å². The summed E-state index contributed by atoms with van der Waals surface area (Å²) in [5, 5.41) is 0. The van der Waals surface area contributed by atoms with Crippen molar-refractivity contribution in [2.75, 3.05) is 0 Å². The van der Waals surface area contributed by atoms with E-state index in [0.29, 0.717) is 5.56 Å². The Hall–Kier alpha value is -1.38. The predicted octanol–water partition coefficient (Wildman–Crippen LogP) is 6.34. The van der Waals surface area contributed by atoms with Gasteiger partial charge in [-0.15, -0.1) is 0 Å². The van der Waals surface area contributed by atoms with E-state index in [1.807, 2.05) is 6.92 Å². The molecular formula is C19H26F2O. The van der Waals surface area contributed by atoms with Crippen molar-refractivity contribution >= 4 is 0 Å². The largest absolute Gasteiger partial charge is 0.462 e. The van der Waals surface area contributed by atoms with Gasteiger partial charge in [0.25, 0.3) is 0 Å². The first-order chi connectivity index (χ1) is 10.7. The van der Waals surface area contributed by atoms with Crippen LogP contribution in [-0.4, -0.2) is 0 Å². The Morgan fingerprint density at radius 3 is 2.45 bits per heavy atom. The van der Waals surface area contributed by atoms with Gasteiger partial charge < -0.3 is 4.74 Å². The minimum absolute atomic E-state index is 0.0365. The Labute approximate surface area is 132 Å². The van der Waals surface area contributed by atoms with E-state index < -0.39 is 11.6 Å². The first-order valence-electron chi connectivity index (χ1n) is 8.46. The highest BCUT2D eigenvalue weighted by atomic mass is 19.2. The topological polar surface area (TPSA) is 9.23 Å². The van der Waals surface area contributed by atoms with Gasteiger partial charge in [-0.25, -0.2) is 4.39 Å². The van der Waals surface area contributed by atoms with Crippen molar-refractivity contribution in [1.82, 2.24) is 0 Å². The number of ether oxygens (including phenoxy) is 1. The van der Waals surface area contributed by atoms with Crippen molar-refractivity contribution in [2.24, 2.45) is 5.92 Å². The number of rotatable bonds is 6. The van der Waals surface area contributed by atoms with Crippen LogP contribution in [0.1, 0.15) is 70.3 Å². The summed E-state index contributed by atoms with van der Waals surface area (Å²) in [6, 6.07) is 3.24. The van der Waals surface area contributed by atoms with E-state index in [-0.39, 0.29) is 11.7 Å². The summed E-state index contributed by atoms with van der Waals surface area (Å²) in [5.74, 6) is -0.736. The SMILES string of the molecule is CC/C=C/Oc1ccc(C2CCC(CCC)CC2)c(F)c1F. The maximum Gasteiger partial charge on any atom is 0.201 e. The number of hydrogen-bond donors (Lipinski definition) is 0. The molecule has 0 saturated heterocycles. The smallest absolute Gasteiger partial charge is 0.201 e. The Balaban J connectivity index is 2.06. The van der Waals surface area contributed by atoms with Gasteiger partial charge in [0.05, 0.1) is 6.26 Å². The summed E-state index contributed by atoms with van der Waals surface area (Å²) in [5.41, 5.74) is 0.513. The molecule has 0 amide bonds. The molecule has 22 heavy (non-hydrogen) atoms. The second-order valence-electron chi connectivity index (χ2n) is 6.19. The van der Waals surface area contributed by atoms with E-state index in [1.54, 1.807) is 18.2 Å². The van der Waals surface area contributed by atoms with E-state index in [9.17, 15) is 8.78 Å². The first kappa shape index (κ1) is 17.0. The van der Waals surface area contributed by atoms with Crippen LogP contribution in [0.2, 0.25) is 0 Å². The summed E-state index contributed by atoms with van der Waals surface area (Å²) in [7, 11) is 0. The van der Waals surface area contributed by atoms with E-state index >= 15 is 0 Å². The van der Waals surface area contributed by atoms with Gasteiger partial charge in [-0.3, -0.25) is 0 Å². The molecule has 0 atom stereocenters. The molecule has 1 nitrogen and oxygen atoms in total. The fourth-order valence-corrected chi connectivity index (χ4v) is 3.34. The molecule has 1 aromatic carbocycles. The molecule has 122 valence electrons. The highest BCUT2D eigenvalue weighted by Gasteiger charge is 2.26. The van der Waals surface area contributed by atoms with Crippen LogP contribution in [0.4, 0.5) is 8.78 Å². The minimum Gasteiger partial charge on any atom is -0.462 e. The van der Waals surface area contributed by atoms with Crippen molar-refractivity contribution in [3.05, 3.63) is 41.7 Å². The molecule has 0 aliphatic heterocycles. The monoisotopic (exact) mass is 308 g/mol. The summed E-state index contributed by atoms with van der Waals surface area (Å²) in [4.78, 5) is 0. The first-order valence-corrected chi connectivity index (χ1v) is 8.46. The molecule has 3 heteroatoms. The summed E-state index contributed by atoms with van der Waals surface area (Å²) < 4.78 is 33.6. The number of allylic oxidation sites excluding steroid dienone is 1. The van der Waals surface area contributed by atoms with Crippen molar-refractivity contribution in [3.8, 4) is 5.75 Å². The van der Waals surface area contributed by atoms with Crippen LogP contribution in [0.25, 0.3) is 0 Å². The molecule has 1 saturated carbocycles. The zero-order valence-electron chi connectivity index (χ0n) is 13.6. The van der Waals surface area contributed by atoms with Crippen LogP contribution in [0.15, 0.2) is 24.5 Å². The second-order valence-corrected chi connectivity index (χ2v) is 6.19. The lowest BCUT2D eigenvalue weighted by Crippen LogP contribution is -2.14. The van der Waals surface area contributed by atoms with Gasteiger partial charge >= 0.3 is 0 Å². The molecule has 1 aliphatic carbocycles. The molecule has 0 radical (unpaired) electrons. The van der Waals surface area contributed by atoms with Crippen molar-refractivity contribution < 1.29 is 13.5 Å². The average Bonchev–Trinajstić information content (AvgIpc) is 2.53. The van der Waals surface area contributed by atoms with Crippen molar-refractivity contribution in [1.29, 1.82) is 0 Å². The molecule has 0 N–H and O–H groups in total. The maximum atomic E-state index is 14.3. The van der Waals surface area contributed by atoms with E-state index in [2.05, 4.69) is 6.92 Å². The van der Waals surface area contributed by atoms with Crippen LogP contribution in [-0.2, 0) is 0 Å². The van der Waals surface area contributed by atoms with Gasteiger partial charge in [0.15, 0.2) is 11.6 Å². The third-order valence-electron chi connectivity index (χ3n) is 4.59. The van der Waals surface area contributed by atoms with Crippen LogP contribution in [0.5, 0.6) is 5.75 Å². The molecular weight excluding hydrogens is 282 g/mol. The fourth-order valence-electron chi connectivity index (χ4n) is 3.34. The maximum absolute atomic E-state index is 14.3. The Morgan fingerprint density at radius 1 is 1.09 bits per heavy atom. The van der Waals surface area contributed by atoms with Crippen LogP contribution in [0, 0.1) is 17.6 Å². The quantitative estimate of drug-likeness (QED) is 0.557. The third kappa shape index (κ3) is 4.08. The molecule has 1 aromatic rings. The van der Waals surface area contributed by atoms with Gasteiger partial charge in [0.2, 0.25) is 5.82 Å². The van der Waals surface area contributed by atoms with Gasteiger partial charge in [-0.2, -0.15) is 4.39 Å². The standard InChI is InChI=1S/C19H26F2O/c1-3-5-13-22-17-12-11-16(18(20)19(17)21)15-9-7-14(6-4-2)8-10-15/h5,11-15H,3-4,6-10H2,1-2H3/b13-5+. The van der Waals surface area contributed by atoms with Crippen molar-refractivity contribution in [2.45, 2.75) is 64.7 Å². The van der Waals surface area contributed by atoms with Crippen LogP contribution < -0.4 is 4.74 Å². The molecule has 0 unspecified atom stereocenters. The van der Waals surface area contributed by atoms with E-state index in [0.717, 1.165) is 38.0 Å². The highest BCUT2D eigenvalue weighted by Crippen LogP contribution is 2.39. The molecule has 0 heterocycles. The zero-order chi connectivity index (χ0) is 15.9. The summed E-state index contributed by atoms with van der Waals surface area (Å²) >= 11 is 0. The average molecular weight is 308 g/mol. The number of hydrogen-bond acceptors (Lipinski definition) is 1. The Kier molecular flexibility index (Phi) is 6.41. The summed E-state index contributed by atoms with van der Waals surface area (Å²) in [6.07, 6.45) is 10.6. The highest BCUT2D eigenvalue weighted by molar-refractivity contribution is 5.33. The van der Waals surface area contributed by atoms with Gasteiger partial charge in [-0.1, -0.05) is 32.8 Å². The lowest BCUT2D eigenvalue weighted by atomic mass is 9.77. The van der Waals surface area contributed by atoms with Gasteiger partial charge in [0, 0.05) is 0 Å². The Morgan fingerprint density at radius 2 is 1.82 bits per heavy atom. The minimum atomic E-state index is -0.867. The molecule has 1 aliphatic rings. The predicted molar refractivity (Wildman–Crippen MR) is 86.0 cm³/mol. The molecule has 0 aromatic heterocycles. The normalized spacial score (nSPS) is 22.2. The fraction of sp³-hybridized carbons (Fsp3) is 0.579. The van der Waals surface area contributed by atoms with Crippen LogP contribution >= 0.6 is 0 Å². The van der Waals surface area contributed by atoms with Crippen LogP contribution in [0.3, 0.4) is 0 Å². The lowest BCUT2D eigenvalue weighted by Gasteiger charge is -2.29. The lowest BCUT2D eigenvalue weighted by molar-refractivity contribution is 0.302. The van der Waals surface area contributed by atoms with E-state index in [1.165, 1.54) is 19.1 Å². The molecule has 1 fully saturated rings. The zero-order valence-corrected chi connectivity index (χ0v) is 13.6. The molecule has 0 bridgehead atoms. The third-order valence-corrected chi connectivity index (χ3v) is 4.59.